The van der Waals surface area contributed by atoms with Crippen molar-refractivity contribution in [1.29, 1.82) is 5.26 Å². The van der Waals surface area contributed by atoms with E-state index in [1.807, 2.05) is 31.2 Å². The molecule has 0 fully saturated rings. The van der Waals surface area contributed by atoms with Crippen LogP contribution in [0.2, 0.25) is 0 Å². The normalized spacial score (nSPS) is 11.7. The predicted molar refractivity (Wildman–Crippen MR) is 113 cm³/mol. The van der Waals surface area contributed by atoms with Gasteiger partial charge in [-0.15, -0.1) is 5.10 Å². The van der Waals surface area contributed by atoms with Gasteiger partial charge in [-0.3, -0.25) is 4.79 Å². The number of esters is 1. The third kappa shape index (κ3) is 4.33. The summed E-state index contributed by atoms with van der Waals surface area (Å²) in [5, 5.41) is 13.3. The van der Waals surface area contributed by atoms with E-state index in [1.165, 1.54) is 16.4 Å². The molecule has 7 nitrogen and oxygen atoms in total. The van der Waals surface area contributed by atoms with Gasteiger partial charge >= 0.3 is 11.7 Å². The SMILES string of the molecule is CCCC(Cc1ccc(-n2c(C)nn(-c3ccc(C#N)cc3)c2=O)cc1)C(=O)OC. The van der Waals surface area contributed by atoms with Crippen LogP contribution in [0.15, 0.2) is 53.3 Å². The van der Waals surface area contributed by atoms with E-state index in [4.69, 9.17) is 10.00 Å². The van der Waals surface area contributed by atoms with E-state index < -0.39 is 0 Å². The van der Waals surface area contributed by atoms with Crippen molar-refractivity contribution in [2.75, 3.05) is 7.11 Å². The van der Waals surface area contributed by atoms with E-state index in [1.54, 1.807) is 31.2 Å². The average Bonchev–Trinajstić information content (AvgIpc) is 3.07. The molecule has 30 heavy (non-hydrogen) atoms. The van der Waals surface area contributed by atoms with Crippen LogP contribution in [-0.4, -0.2) is 27.4 Å². The number of carbonyl (C=O) groups is 1. The van der Waals surface area contributed by atoms with Crippen LogP contribution >= 0.6 is 0 Å². The third-order valence-corrected chi connectivity index (χ3v) is 5.03. The van der Waals surface area contributed by atoms with Crippen molar-refractivity contribution in [3.63, 3.8) is 0 Å². The highest BCUT2D eigenvalue weighted by Crippen LogP contribution is 2.18. The Morgan fingerprint density at radius 2 is 1.77 bits per heavy atom. The minimum absolute atomic E-state index is 0.172. The van der Waals surface area contributed by atoms with Crippen LogP contribution in [0.4, 0.5) is 0 Å². The number of hydrogen-bond acceptors (Lipinski definition) is 5. The summed E-state index contributed by atoms with van der Waals surface area (Å²) < 4.78 is 7.76. The van der Waals surface area contributed by atoms with Crippen LogP contribution in [0.3, 0.4) is 0 Å². The molecule has 0 N–H and O–H groups in total. The number of nitrogens with zero attached hydrogens (tertiary/aromatic N) is 4. The minimum atomic E-state index is -0.289. The molecule has 0 saturated heterocycles. The number of aromatic nitrogens is 3. The average molecular weight is 404 g/mol. The van der Waals surface area contributed by atoms with Crippen molar-refractivity contribution >= 4 is 5.97 Å². The first-order valence-electron chi connectivity index (χ1n) is 9.84. The maximum absolute atomic E-state index is 13.0. The standard InChI is InChI=1S/C23H24N4O3/c1-4-5-19(22(28)30-3)14-17-6-10-20(11-7-17)26-16(2)25-27(23(26)29)21-12-8-18(15-24)9-13-21/h6-13,19H,4-5,14H2,1-3H3. The lowest BCUT2D eigenvalue weighted by Gasteiger charge is -2.14. The predicted octanol–water partition coefficient (Wildman–Crippen LogP) is 3.34. The quantitative estimate of drug-likeness (QED) is 0.564. The molecule has 0 aliphatic heterocycles. The molecule has 0 aliphatic carbocycles. The molecule has 3 rings (SSSR count). The molecule has 3 aromatic rings. The second-order valence-electron chi connectivity index (χ2n) is 7.12. The Hall–Kier alpha value is -3.66. The lowest BCUT2D eigenvalue weighted by atomic mass is 9.95. The van der Waals surface area contributed by atoms with E-state index >= 15 is 0 Å². The van der Waals surface area contributed by atoms with Gasteiger partial charge in [-0.2, -0.15) is 9.94 Å². The number of rotatable bonds is 7. The van der Waals surface area contributed by atoms with Gasteiger partial charge in [0.1, 0.15) is 5.82 Å². The van der Waals surface area contributed by atoms with Gasteiger partial charge in [0.15, 0.2) is 0 Å². The molecule has 0 aliphatic rings. The van der Waals surface area contributed by atoms with Crippen LogP contribution in [0.25, 0.3) is 11.4 Å². The second-order valence-corrected chi connectivity index (χ2v) is 7.12. The molecule has 1 heterocycles. The lowest BCUT2D eigenvalue weighted by Crippen LogP contribution is -2.23. The summed E-state index contributed by atoms with van der Waals surface area (Å²) in [6, 6.07) is 16.3. The number of benzene rings is 2. The number of carbonyl (C=O) groups excluding carboxylic acids is 1. The molecule has 1 aromatic heterocycles. The Labute approximate surface area is 175 Å². The largest absolute Gasteiger partial charge is 0.469 e. The Balaban J connectivity index is 1.88. The number of ether oxygens (including phenoxy) is 1. The van der Waals surface area contributed by atoms with E-state index in [0.29, 0.717) is 29.2 Å². The van der Waals surface area contributed by atoms with Crippen molar-refractivity contribution in [3.8, 4) is 17.4 Å². The van der Waals surface area contributed by atoms with Gasteiger partial charge in [0, 0.05) is 0 Å². The van der Waals surface area contributed by atoms with Crippen LogP contribution in [0.1, 0.15) is 36.7 Å². The smallest absolute Gasteiger partial charge is 0.355 e. The Morgan fingerprint density at radius 1 is 1.13 bits per heavy atom. The molecular weight excluding hydrogens is 380 g/mol. The zero-order chi connectivity index (χ0) is 21.7. The first-order chi connectivity index (χ1) is 14.5. The number of methoxy groups -OCH3 is 1. The summed E-state index contributed by atoms with van der Waals surface area (Å²) in [5.41, 5.74) is 2.53. The Bertz CT molecular complexity index is 1120. The molecule has 2 aromatic carbocycles. The van der Waals surface area contributed by atoms with Crippen molar-refractivity contribution in [2.45, 2.75) is 33.1 Å². The summed E-state index contributed by atoms with van der Waals surface area (Å²) in [5.74, 6) is 0.182. The van der Waals surface area contributed by atoms with E-state index in [-0.39, 0.29) is 17.6 Å². The molecule has 0 bridgehead atoms. The molecule has 0 radical (unpaired) electrons. The second kappa shape index (κ2) is 9.23. The molecule has 154 valence electrons. The minimum Gasteiger partial charge on any atom is -0.469 e. The highest BCUT2D eigenvalue weighted by molar-refractivity contribution is 5.72. The Kier molecular flexibility index (Phi) is 6.48. The van der Waals surface area contributed by atoms with Crippen molar-refractivity contribution < 1.29 is 9.53 Å². The van der Waals surface area contributed by atoms with Gasteiger partial charge in [-0.1, -0.05) is 25.5 Å². The molecule has 0 amide bonds. The van der Waals surface area contributed by atoms with Gasteiger partial charge in [0.25, 0.3) is 0 Å². The van der Waals surface area contributed by atoms with Gasteiger partial charge in [-0.05, 0) is 61.7 Å². The molecular formula is C23H24N4O3. The van der Waals surface area contributed by atoms with E-state index in [0.717, 1.165) is 18.4 Å². The monoisotopic (exact) mass is 404 g/mol. The summed E-state index contributed by atoms with van der Waals surface area (Å²) in [4.78, 5) is 24.9. The molecule has 1 unspecified atom stereocenters. The van der Waals surface area contributed by atoms with Gasteiger partial charge in [-0.25, -0.2) is 9.36 Å². The fraction of sp³-hybridized carbons (Fsp3) is 0.304. The maximum Gasteiger partial charge on any atom is 0.355 e. The molecule has 0 spiro atoms. The fourth-order valence-electron chi connectivity index (χ4n) is 3.49. The Morgan fingerprint density at radius 3 is 2.33 bits per heavy atom. The summed E-state index contributed by atoms with van der Waals surface area (Å²) in [6.07, 6.45) is 2.27. The third-order valence-electron chi connectivity index (χ3n) is 5.03. The number of nitriles is 1. The van der Waals surface area contributed by atoms with Crippen LogP contribution < -0.4 is 5.69 Å². The fourth-order valence-corrected chi connectivity index (χ4v) is 3.49. The van der Waals surface area contributed by atoms with Crippen molar-refractivity contribution in [1.82, 2.24) is 14.3 Å². The number of aryl methyl sites for hydroxylation is 1. The first kappa shape index (κ1) is 21.1. The van der Waals surface area contributed by atoms with Gasteiger partial charge in [0.2, 0.25) is 0 Å². The van der Waals surface area contributed by atoms with Gasteiger partial charge in [0.05, 0.1) is 36.0 Å². The van der Waals surface area contributed by atoms with E-state index in [9.17, 15) is 9.59 Å². The van der Waals surface area contributed by atoms with Crippen LogP contribution in [0.5, 0.6) is 0 Å². The van der Waals surface area contributed by atoms with Crippen molar-refractivity contribution in [3.05, 3.63) is 76.0 Å². The first-order valence-corrected chi connectivity index (χ1v) is 9.84. The topological polar surface area (TPSA) is 89.9 Å². The summed E-state index contributed by atoms with van der Waals surface area (Å²) in [7, 11) is 1.41. The van der Waals surface area contributed by atoms with Crippen LogP contribution in [-0.2, 0) is 16.0 Å². The molecule has 7 heteroatoms. The van der Waals surface area contributed by atoms with E-state index in [2.05, 4.69) is 11.2 Å². The highest BCUT2D eigenvalue weighted by Gasteiger charge is 2.19. The molecule has 1 atom stereocenters. The van der Waals surface area contributed by atoms with Crippen molar-refractivity contribution in [2.24, 2.45) is 5.92 Å². The van der Waals surface area contributed by atoms with Gasteiger partial charge < -0.3 is 4.74 Å². The highest BCUT2D eigenvalue weighted by atomic mass is 16.5. The van der Waals surface area contributed by atoms with Crippen LogP contribution in [0, 0.1) is 24.2 Å². The zero-order valence-electron chi connectivity index (χ0n) is 17.3. The lowest BCUT2D eigenvalue weighted by molar-refractivity contribution is -0.145. The number of hydrogen-bond donors (Lipinski definition) is 0. The zero-order valence-corrected chi connectivity index (χ0v) is 17.3. The molecule has 0 saturated carbocycles. The summed E-state index contributed by atoms with van der Waals surface area (Å²) in [6.45, 7) is 3.81. The maximum atomic E-state index is 13.0. The summed E-state index contributed by atoms with van der Waals surface area (Å²) >= 11 is 0.